The zero-order valence-electron chi connectivity index (χ0n) is 18.1. The van der Waals surface area contributed by atoms with Crippen LogP contribution in [0.5, 0.6) is 0 Å². The number of nitrogens with two attached hydrogens (primary N) is 1. The van der Waals surface area contributed by atoms with E-state index in [2.05, 4.69) is 21.5 Å². The molecule has 2 heterocycles. The van der Waals surface area contributed by atoms with Crippen LogP contribution in [0.25, 0.3) is 11.2 Å². The molecular formula is C21H25ClN5O6P. The number of nitrogen functional groups attached to an aromatic ring is 1. The Hall–Kier alpha value is -2.53. The molecule has 1 fully saturated rings. The molecule has 2 aromatic heterocycles. The number of aliphatic hydroxyl groups excluding tert-OH is 2. The van der Waals surface area contributed by atoms with E-state index in [-0.39, 0.29) is 43.2 Å². The van der Waals surface area contributed by atoms with Crippen LogP contribution in [-0.2, 0) is 13.6 Å². The minimum Gasteiger partial charge on any atom is -0.396 e. The maximum atomic E-state index is 12.6. The zero-order valence-corrected chi connectivity index (χ0v) is 19.8. The Balaban J connectivity index is 1.43. The molecule has 11 nitrogen and oxygen atoms in total. The molecule has 0 saturated heterocycles. The number of benzene rings is 1. The number of hydrogen-bond acceptors (Lipinski definition) is 9. The van der Waals surface area contributed by atoms with Crippen LogP contribution in [0, 0.1) is 5.92 Å². The summed E-state index contributed by atoms with van der Waals surface area (Å²) >= 11 is 6.02. The standard InChI is InChI=1S/C21H25ClN5O6P/c1-11-14(9-32-34(31)33-17(5-6-28)12-3-2-4-13(22)7-12)16(29)8-15(11)27-10-24-18-19(27)25-21(23)26-20(18)30/h2-4,7,10,14-17,28-29,34H,1,5-6,8-9H2,(H3,23,25,26,30)/t14-,15-,16-,17+/m0/s1. The molecular weight excluding hydrogens is 485 g/mol. The van der Waals surface area contributed by atoms with Crippen molar-refractivity contribution < 1.29 is 23.8 Å². The van der Waals surface area contributed by atoms with Gasteiger partial charge >= 0.3 is 8.25 Å². The number of nitrogens with one attached hydrogen (secondary N) is 1. The maximum absolute atomic E-state index is 12.6. The van der Waals surface area contributed by atoms with Gasteiger partial charge in [-0.15, -0.1) is 0 Å². The topological polar surface area (TPSA) is 166 Å². The van der Waals surface area contributed by atoms with Crippen molar-refractivity contribution in [3.63, 3.8) is 0 Å². The second kappa shape index (κ2) is 10.4. The normalized spacial score (nSPS) is 22.3. The number of imidazole rings is 1. The lowest BCUT2D eigenvalue weighted by Crippen LogP contribution is -2.19. The minimum absolute atomic E-state index is 0.0452. The first-order valence-electron chi connectivity index (χ1n) is 10.6. The van der Waals surface area contributed by atoms with Gasteiger partial charge in [-0.3, -0.25) is 14.3 Å². The van der Waals surface area contributed by atoms with Crippen LogP contribution in [0.15, 0.2) is 47.5 Å². The van der Waals surface area contributed by atoms with Crippen molar-refractivity contribution in [3.05, 3.63) is 63.7 Å². The summed E-state index contributed by atoms with van der Waals surface area (Å²) in [6, 6.07) is 6.47. The van der Waals surface area contributed by atoms with Gasteiger partial charge in [0.15, 0.2) is 11.2 Å². The molecule has 182 valence electrons. The van der Waals surface area contributed by atoms with Gasteiger partial charge in [0.2, 0.25) is 5.95 Å². The second-order valence-corrected chi connectivity index (χ2v) is 9.47. The highest BCUT2D eigenvalue weighted by Gasteiger charge is 2.39. The fourth-order valence-corrected chi connectivity index (χ4v) is 5.21. The summed E-state index contributed by atoms with van der Waals surface area (Å²) in [5.41, 5.74) is 6.90. The van der Waals surface area contributed by atoms with Gasteiger partial charge in [0, 0.05) is 24.0 Å². The van der Waals surface area contributed by atoms with E-state index in [9.17, 15) is 19.6 Å². The Kier molecular flexibility index (Phi) is 7.51. The number of aromatic nitrogens is 4. The number of hydrogen-bond donors (Lipinski definition) is 4. The number of aliphatic hydroxyl groups is 2. The average molecular weight is 510 g/mol. The van der Waals surface area contributed by atoms with Gasteiger partial charge in [-0.2, -0.15) is 4.98 Å². The van der Waals surface area contributed by atoms with Crippen molar-refractivity contribution >= 4 is 37.0 Å². The molecule has 0 aliphatic heterocycles. The molecule has 1 aliphatic carbocycles. The predicted molar refractivity (Wildman–Crippen MR) is 127 cm³/mol. The van der Waals surface area contributed by atoms with Crippen LogP contribution in [0.2, 0.25) is 5.02 Å². The molecule has 0 amide bonds. The summed E-state index contributed by atoms with van der Waals surface area (Å²) in [5.74, 6) is -0.571. The third-order valence-corrected chi connectivity index (χ3v) is 6.97. The lowest BCUT2D eigenvalue weighted by molar-refractivity contribution is 0.0920. The monoisotopic (exact) mass is 509 g/mol. The second-order valence-electron chi connectivity index (χ2n) is 8.01. The van der Waals surface area contributed by atoms with E-state index in [0.717, 1.165) is 0 Å². The third-order valence-electron chi connectivity index (χ3n) is 5.85. The molecule has 0 bridgehead atoms. The van der Waals surface area contributed by atoms with Gasteiger partial charge in [-0.25, -0.2) is 4.98 Å². The molecule has 34 heavy (non-hydrogen) atoms. The summed E-state index contributed by atoms with van der Waals surface area (Å²) in [5, 5.41) is 20.5. The highest BCUT2D eigenvalue weighted by Crippen LogP contribution is 2.43. The predicted octanol–water partition coefficient (Wildman–Crippen LogP) is 2.38. The Morgan fingerprint density at radius 3 is 2.97 bits per heavy atom. The van der Waals surface area contributed by atoms with Crippen LogP contribution in [0.4, 0.5) is 5.95 Å². The van der Waals surface area contributed by atoms with Crippen molar-refractivity contribution in [2.75, 3.05) is 18.9 Å². The van der Waals surface area contributed by atoms with Crippen molar-refractivity contribution in [2.24, 2.45) is 5.92 Å². The Labute approximate surface area is 200 Å². The first kappa shape index (κ1) is 24.6. The number of nitrogens with zero attached hydrogens (tertiary/aromatic N) is 3. The number of halogens is 1. The van der Waals surface area contributed by atoms with Crippen LogP contribution >= 0.6 is 19.9 Å². The van der Waals surface area contributed by atoms with Crippen molar-refractivity contribution in [2.45, 2.75) is 31.1 Å². The Bertz CT molecular complexity index is 1280. The van der Waals surface area contributed by atoms with Gasteiger partial charge in [0.1, 0.15) is 0 Å². The molecule has 1 saturated carbocycles. The summed E-state index contributed by atoms with van der Waals surface area (Å²) in [7, 11) is -2.97. The molecule has 4 rings (SSSR count). The van der Waals surface area contributed by atoms with Crippen molar-refractivity contribution in [1.82, 2.24) is 19.5 Å². The van der Waals surface area contributed by atoms with Crippen molar-refractivity contribution in [1.29, 1.82) is 0 Å². The smallest absolute Gasteiger partial charge is 0.319 e. The summed E-state index contributed by atoms with van der Waals surface area (Å²) in [6.45, 7) is 3.83. The number of fused-ring (bicyclic) bond motifs is 1. The molecule has 3 aromatic rings. The van der Waals surface area contributed by atoms with Gasteiger partial charge in [0.25, 0.3) is 5.56 Å². The number of rotatable bonds is 9. The number of H-pyrrole nitrogens is 1. The molecule has 5 N–H and O–H groups in total. The van der Waals surface area contributed by atoms with Crippen LogP contribution in [0.1, 0.15) is 30.6 Å². The van der Waals surface area contributed by atoms with Crippen LogP contribution in [-0.4, -0.2) is 49.0 Å². The lowest BCUT2D eigenvalue weighted by atomic mass is 10.0. The minimum atomic E-state index is -2.97. The van der Waals surface area contributed by atoms with Crippen LogP contribution < -0.4 is 11.3 Å². The largest absolute Gasteiger partial charge is 0.396 e. The van der Waals surface area contributed by atoms with E-state index in [1.807, 2.05) is 0 Å². The van der Waals surface area contributed by atoms with Gasteiger partial charge in [-0.05, 0) is 29.7 Å². The Morgan fingerprint density at radius 2 is 2.24 bits per heavy atom. The van der Waals surface area contributed by atoms with E-state index in [0.29, 0.717) is 16.2 Å². The number of aromatic amines is 1. The zero-order chi connectivity index (χ0) is 24.4. The maximum Gasteiger partial charge on any atom is 0.319 e. The van der Waals surface area contributed by atoms with Gasteiger partial charge in [0.05, 0.1) is 31.2 Å². The SMILES string of the molecule is C=C1[C@H](CO[PH](=O)O[C@H](CCO)c2cccc(Cl)c2)[C@@H](O)C[C@@H]1n1cnc2c(=O)[nH]c(N)nc21. The summed E-state index contributed by atoms with van der Waals surface area (Å²) in [4.78, 5) is 22.7. The fourth-order valence-electron chi connectivity index (χ4n) is 4.15. The first-order valence-corrected chi connectivity index (χ1v) is 12.2. The van der Waals surface area contributed by atoms with Gasteiger partial charge in [-0.1, -0.05) is 30.3 Å². The molecule has 13 heteroatoms. The molecule has 0 radical (unpaired) electrons. The highest BCUT2D eigenvalue weighted by atomic mass is 35.5. The first-order chi connectivity index (χ1) is 16.3. The highest BCUT2D eigenvalue weighted by molar-refractivity contribution is 7.33. The summed E-state index contributed by atoms with van der Waals surface area (Å²) in [6.07, 6.45) is 0.458. The summed E-state index contributed by atoms with van der Waals surface area (Å²) < 4.78 is 25.2. The van der Waals surface area contributed by atoms with Crippen LogP contribution in [0.3, 0.4) is 0 Å². The number of anilines is 1. The molecule has 1 aliphatic rings. The molecule has 5 atom stereocenters. The fraction of sp³-hybridized carbons (Fsp3) is 0.381. The van der Waals surface area contributed by atoms with E-state index >= 15 is 0 Å². The Morgan fingerprint density at radius 1 is 1.44 bits per heavy atom. The van der Waals surface area contributed by atoms with E-state index < -0.39 is 38.0 Å². The molecule has 1 unspecified atom stereocenters. The van der Waals surface area contributed by atoms with Crippen molar-refractivity contribution in [3.8, 4) is 0 Å². The van der Waals surface area contributed by atoms with E-state index in [1.165, 1.54) is 6.33 Å². The third kappa shape index (κ3) is 5.10. The lowest BCUT2D eigenvalue weighted by Gasteiger charge is -2.20. The van der Waals surface area contributed by atoms with E-state index in [4.69, 9.17) is 26.4 Å². The average Bonchev–Trinajstić information content (AvgIpc) is 3.32. The quantitative estimate of drug-likeness (QED) is 0.250. The molecule has 0 spiro atoms. The molecule has 1 aromatic carbocycles. The van der Waals surface area contributed by atoms with E-state index in [1.54, 1.807) is 28.8 Å². The van der Waals surface area contributed by atoms with Gasteiger partial charge < -0.3 is 29.6 Å².